The van der Waals surface area contributed by atoms with E-state index in [9.17, 15) is 26.4 Å². The monoisotopic (exact) mass is 469 g/mol. The molecule has 12 heteroatoms. The zero-order valence-corrected chi connectivity index (χ0v) is 18.5. The third-order valence-electron chi connectivity index (χ3n) is 3.95. The van der Waals surface area contributed by atoms with Gasteiger partial charge in [0.05, 0.1) is 16.4 Å². The molecule has 168 valence electrons. The lowest BCUT2D eigenvalue weighted by atomic mass is 10.2. The number of benzene rings is 2. The third kappa shape index (κ3) is 7.57. The number of sulfonamides is 2. The Kier molecular flexibility index (Phi) is 8.00. The largest absolute Gasteiger partial charge is 0.449 e. The fourth-order valence-corrected chi connectivity index (χ4v) is 4.11. The number of rotatable bonds is 8. The Hall–Kier alpha value is -3.12. The van der Waals surface area contributed by atoms with Crippen molar-refractivity contribution >= 4 is 32.2 Å². The van der Waals surface area contributed by atoms with Crippen molar-refractivity contribution in [3.8, 4) is 0 Å². The Morgan fingerprint density at radius 2 is 1.23 bits per heavy atom. The van der Waals surface area contributed by atoms with Gasteiger partial charge in [0, 0.05) is 6.54 Å². The lowest BCUT2D eigenvalue weighted by Gasteiger charge is -2.10. The van der Waals surface area contributed by atoms with Crippen molar-refractivity contribution in [2.45, 2.75) is 30.1 Å². The van der Waals surface area contributed by atoms with E-state index < -0.39 is 32.2 Å². The van der Waals surface area contributed by atoms with Crippen LogP contribution < -0.4 is 14.8 Å². The van der Waals surface area contributed by atoms with E-state index in [0.717, 1.165) is 11.1 Å². The number of nitrogens with one attached hydrogen (secondary N) is 3. The molecule has 0 heterocycles. The summed E-state index contributed by atoms with van der Waals surface area (Å²) < 4.78 is 56.7. The molecule has 0 aliphatic carbocycles. The van der Waals surface area contributed by atoms with E-state index in [0.29, 0.717) is 0 Å². The van der Waals surface area contributed by atoms with Crippen LogP contribution in [0, 0.1) is 13.8 Å². The summed E-state index contributed by atoms with van der Waals surface area (Å²) in [5.41, 5.74) is 1.74. The van der Waals surface area contributed by atoms with E-state index in [1.807, 2.05) is 4.72 Å². The number of hydrogen-bond donors (Lipinski definition) is 3. The van der Waals surface area contributed by atoms with Crippen LogP contribution in [0.1, 0.15) is 17.5 Å². The van der Waals surface area contributed by atoms with E-state index in [4.69, 9.17) is 4.74 Å². The predicted octanol–water partition coefficient (Wildman–Crippen LogP) is 1.80. The minimum atomic E-state index is -4.05. The number of hydrogen-bond acceptors (Lipinski definition) is 7. The normalized spacial score (nSPS) is 11.4. The number of aryl methyl sites for hydroxylation is 2. The molecule has 0 saturated carbocycles. The van der Waals surface area contributed by atoms with Crippen LogP contribution in [0.15, 0.2) is 58.3 Å². The number of carbonyl (C=O) groups excluding carboxylic acids is 2. The van der Waals surface area contributed by atoms with Crippen molar-refractivity contribution in [2.75, 3.05) is 13.2 Å². The second kappa shape index (κ2) is 10.3. The van der Waals surface area contributed by atoms with Gasteiger partial charge in [0.15, 0.2) is 0 Å². The van der Waals surface area contributed by atoms with Gasteiger partial charge < -0.3 is 10.1 Å². The van der Waals surface area contributed by atoms with Crippen LogP contribution in [0.3, 0.4) is 0 Å². The number of amides is 3. The first kappa shape index (κ1) is 24.2. The molecule has 0 radical (unpaired) electrons. The summed E-state index contributed by atoms with van der Waals surface area (Å²) in [4.78, 5) is 23.3. The Balaban J connectivity index is 1.71. The number of urea groups is 1. The molecule has 0 aliphatic heterocycles. The van der Waals surface area contributed by atoms with Crippen LogP contribution in [0.5, 0.6) is 0 Å². The van der Waals surface area contributed by atoms with Gasteiger partial charge in [-0.25, -0.2) is 35.9 Å². The Morgan fingerprint density at radius 3 is 1.71 bits per heavy atom. The summed E-state index contributed by atoms with van der Waals surface area (Å²) in [6.45, 7) is 3.40. The zero-order chi connectivity index (χ0) is 23.1. The fraction of sp³-hybridized carbons (Fsp3) is 0.263. The average Bonchev–Trinajstić information content (AvgIpc) is 2.67. The van der Waals surface area contributed by atoms with E-state index >= 15 is 0 Å². The van der Waals surface area contributed by atoms with Crippen molar-refractivity contribution in [3.05, 3.63) is 59.7 Å². The zero-order valence-electron chi connectivity index (χ0n) is 16.9. The summed E-state index contributed by atoms with van der Waals surface area (Å²) in [5.74, 6) is 0. The Labute approximate surface area is 181 Å². The molecule has 0 unspecified atom stereocenters. The molecule has 31 heavy (non-hydrogen) atoms. The molecule has 0 aliphatic rings. The second-order valence-corrected chi connectivity index (χ2v) is 9.95. The highest BCUT2D eigenvalue weighted by Gasteiger charge is 2.19. The van der Waals surface area contributed by atoms with Crippen LogP contribution in [0.25, 0.3) is 0 Å². The fourth-order valence-electron chi connectivity index (χ4n) is 2.29. The van der Waals surface area contributed by atoms with E-state index in [1.54, 1.807) is 42.8 Å². The topological polar surface area (TPSA) is 148 Å². The maximum Gasteiger partial charge on any atom is 0.421 e. The van der Waals surface area contributed by atoms with Crippen LogP contribution >= 0.6 is 0 Å². The molecule has 0 aromatic heterocycles. The predicted molar refractivity (Wildman–Crippen MR) is 112 cm³/mol. The van der Waals surface area contributed by atoms with Crippen molar-refractivity contribution in [1.82, 2.24) is 14.8 Å². The van der Waals surface area contributed by atoms with Gasteiger partial charge in [-0.1, -0.05) is 35.4 Å². The molecule has 0 saturated heterocycles. The minimum absolute atomic E-state index is 0.00670. The highest BCUT2D eigenvalue weighted by atomic mass is 32.2. The highest BCUT2D eigenvalue weighted by molar-refractivity contribution is 7.90. The quantitative estimate of drug-likeness (QED) is 0.499. The van der Waals surface area contributed by atoms with Crippen LogP contribution in [-0.2, 0) is 24.8 Å². The van der Waals surface area contributed by atoms with Gasteiger partial charge in [0.25, 0.3) is 20.0 Å². The van der Waals surface area contributed by atoms with Crippen molar-refractivity contribution in [3.63, 3.8) is 0 Å². The summed E-state index contributed by atoms with van der Waals surface area (Å²) in [6.07, 6.45) is -1.03. The Morgan fingerprint density at radius 1 is 0.774 bits per heavy atom. The van der Waals surface area contributed by atoms with Crippen LogP contribution in [0.4, 0.5) is 9.59 Å². The first-order valence-electron chi connectivity index (χ1n) is 9.13. The van der Waals surface area contributed by atoms with Crippen molar-refractivity contribution in [2.24, 2.45) is 0 Å². The molecule has 2 aromatic carbocycles. The molecular weight excluding hydrogens is 446 g/mol. The highest BCUT2D eigenvalue weighted by Crippen LogP contribution is 2.10. The van der Waals surface area contributed by atoms with Gasteiger partial charge >= 0.3 is 12.1 Å². The molecule has 3 amide bonds. The minimum Gasteiger partial charge on any atom is -0.449 e. The third-order valence-corrected chi connectivity index (χ3v) is 6.62. The molecule has 0 atom stereocenters. The second-order valence-electron chi connectivity index (χ2n) is 6.58. The molecule has 0 spiro atoms. The maximum absolute atomic E-state index is 12.1. The van der Waals surface area contributed by atoms with Crippen LogP contribution in [-0.4, -0.2) is 42.1 Å². The summed E-state index contributed by atoms with van der Waals surface area (Å²) in [6, 6.07) is 10.9. The summed E-state index contributed by atoms with van der Waals surface area (Å²) in [5, 5.41) is 2.31. The van der Waals surface area contributed by atoms with Crippen LogP contribution in [0.2, 0.25) is 0 Å². The molecular formula is C19H23N3O7S2. The number of carbonyl (C=O) groups is 2. The molecule has 3 N–H and O–H groups in total. The van der Waals surface area contributed by atoms with Crippen molar-refractivity contribution in [1.29, 1.82) is 0 Å². The van der Waals surface area contributed by atoms with Gasteiger partial charge in [0.1, 0.15) is 0 Å². The Bertz CT molecular complexity index is 1040. The molecule has 0 fully saturated rings. The van der Waals surface area contributed by atoms with Gasteiger partial charge in [-0.05, 0) is 44.5 Å². The number of ether oxygens (including phenoxy) is 1. The molecule has 0 bridgehead atoms. The lowest BCUT2D eigenvalue weighted by molar-refractivity contribution is 0.151. The first-order valence-corrected chi connectivity index (χ1v) is 12.1. The molecule has 10 nitrogen and oxygen atoms in total. The maximum atomic E-state index is 12.1. The molecule has 2 aromatic rings. The van der Waals surface area contributed by atoms with Gasteiger partial charge in [-0.3, -0.25) is 0 Å². The van der Waals surface area contributed by atoms with Gasteiger partial charge in [0.2, 0.25) is 0 Å². The average molecular weight is 470 g/mol. The van der Waals surface area contributed by atoms with E-state index in [2.05, 4.69) is 5.32 Å². The summed E-state index contributed by atoms with van der Waals surface area (Å²) >= 11 is 0. The van der Waals surface area contributed by atoms with E-state index in [-0.39, 0.29) is 29.4 Å². The SMILES string of the molecule is Cc1ccc(S(=O)(=O)NC(=O)NCCCOC(=O)NS(=O)(=O)c2ccc(C)cc2)cc1. The standard InChI is InChI=1S/C19H23N3O7S2/c1-14-4-8-16(9-5-14)30(25,26)21-18(23)20-12-3-13-29-19(24)22-31(27,28)17-10-6-15(2)7-11-17/h4-11H,3,12-13H2,1-2H3,(H,22,24)(H2,20,21,23). The van der Waals surface area contributed by atoms with Crippen molar-refractivity contribution < 1.29 is 31.2 Å². The smallest absolute Gasteiger partial charge is 0.421 e. The summed E-state index contributed by atoms with van der Waals surface area (Å²) in [7, 11) is -8.06. The first-order chi connectivity index (χ1) is 14.5. The van der Waals surface area contributed by atoms with Gasteiger partial charge in [-0.15, -0.1) is 0 Å². The van der Waals surface area contributed by atoms with E-state index in [1.165, 1.54) is 24.3 Å². The molecule has 2 rings (SSSR count). The lowest BCUT2D eigenvalue weighted by Crippen LogP contribution is -2.40. The van der Waals surface area contributed by atoms with Gasteiger partial charge in [-0.2, -0.15) is 0 Å².